The van der Waals surface area contributed by atoms with E-state index in [9.17, 15) is 4.79 Å². The molecule has 0 radical (unpaired) electrons. The fraction of sp³-hybridized carbons (Fsp3) is 0.0800. The number of hydrogen-bond donors (Lipinski definition) is 2. The van der Waals surface area contributed by atoms with Crippen molar-refractivity contribution in [1.82, 2.24) is 30.8 Å². The maximum absolute atomic E-state index is 13.5. The first-order valence-corrected chi connectivity index (χ1v) is 10.3. The molecule has 32 heavy (non-hydrogen) atoms. The molecule has 3 aromatic carbocycles. The molecule has 156 valence electrons. The Morgan fingerprint density at radius 3 is 2.12 bits per heavy atom. The van der Waals surface area contributed by atoms with Gasteiger partial charge < -0.3 is 0 Å². The van der Waals surface area contributed by atoms with Gasteiger partial charge in [0, 0.05) is 16.7 Å². The average Bonchev–Trinajstić information content (AvgIpc) is 3.53. The lowest BCUT2D eigenvalue weighted by Crippen LogP contribution is -2.08. The van der Waals surface area contributed by atoms with Crippen molar-refractivity contribution in [1.29, 1.82) is 0 Å². The molecule has 0 atom stereocenters. The SMILES string of the molecule is O=C(c1ccccc1-c1n[nH]nc1-c1ccccc1)c1n[nH]nc1CCc1ccccc1. The largest absolute Gasteiger partial charge is 0.287 e. The van der Waals surface area contributed by atoms with Crippen LogP contribution in [-0.2, 0) is 12.8 Å². The van der Waals surface area contributed by atoms with Crippen molar-refractivity contribution in [3.8, 4) is 22.5 Å². The van der Waals surface area contributed by atoms with Crippen LogP contribution in [0, 0.1) is 0 Å². The van der Waals surface area contributed by atoms with Crippen LogP contribution < -0.4 is 0 Å². The van der Waals surface area contributed by atoms with Gasteiger partial charge >= 0.3 is 0 Å². The van der Waals surface area contributed by atoms with Crippen molar-refractivity contribution in [2.45, 2.75) is 12.8 Å². The molecule has 0 aliphatic carbocycles. The summed E-state index contributed by atoms with van der Waals surface area (Å²) in [6.45, 7) is 0. The highest BCUT2D eigenvalue weighted by atomic mass is 16.1. The van der Waals surface area contributed by atoms with Gasteiger partial charge in [-0.1, -0.05) is 84.9 Å². The number of aromatic amines is 2. The molecule has 0 saturated heterocycles. The summed E-state index contributed by atoms with van der Waals surface area (Å²) in [5.41, 5.74) is 5.60. The minimum Gasteiger partial charge on any atom is -0.287 e. The lowest BCUT2D eigenvalue weighted by molar-refractivity contribution is 0.103. The quantitative estimate of drug-likeness (QED) is 0.383. The Balaban J connectivity index is 1.48. The molecule has 7 nitrogen and oxygen atoms in total. The Labute approximate surface area is 184 Å². The van der Waals surface area contributed by atoms with Gasteiger partial charge in [0.1, 0.15) is 11.4 Å². The second-order valence-corrected chi connectivity index (χ2v) is 7.37. The van der Waals surface area contributed by atoms with Crippen LogP contribution in [0.4, 0.5) is 0 Å². The highest BCUT2D eigenvalue weighted by Crippen LogP contribution is 2.31. The van der Waals surface area contributed by atoms with Crippen molar-refractivity contribution in [2.75, 3.05) is 0 Å². The molecule has 2 aromatic heterocycles. The summed E-state index contributed by atoms with van der Waals surface area (Å²) in [7, 11) is 0. The summed E-state index contributed by atoms with van der Waals surface area (Å²) in [5, 5.41) is 22.4. The summed E-state index contributed by atoms with van der Waals surface area (Å²) < 4.78 is 0. The summed E-state index contributed by atoms with van der Waals surface area (Å²) in [4.78, 5) is 13.5. The van der Waals surface area contributed by atoms with Crippen LogP contribution in [0.3, 0.4) is 0 Å². The molecular weight excluding hydrogens is 400 g/mol. The minimum atomic E-state index is -0.195. The van der Waals surface area contributed by atoms with E-state index in [0.29, 0.717) is 40.3 Å². The third kappa shape index (κ3) is 3.83. The van der Waals surface area contributed by atoms with E-state index in [0.717, 1.165) is 12.0 Å². The number of rotatable bonds is 7. The van der Waals surface area contributed by atoms with Crippen LogP contribution in [0.1, 0.15) is 27.3 Å². The van der Waals surface area contributed by atoms with Crippen LogP contribution in [-0.4, -0.2) is 36.6 Å². The second-order valence-electron chi connectivity index (χ2n) is 7.37. The van der Waals surface area contributed by atoms with Crippen molar-refractivity contribution < 1.29 is 4.79 Å². The maximum atomic E-state index is 13.5. The molecule has 5 aromatic rings. The monoisotopic (exact) mass is 420 g/mol. The van der Waals surface area contributed by atoms with E-state index in [1.165, 1.54) is 5.56 Å². The van der Waals surface area contributed by atoms with Gasteiger partial charge in [0.15, 0.2) is 5.69 Å². The maximum Gasteiger partial charge on any atom is 0.215 e. The van der Waals surface area contributed by atoms with Crippen LogP contribution in [0.15, 0.2) is 84.9 Å². The third-order valence-corrected chi connectivity index (χ3v) is 5.35. The van der Waals surface area contributed by atoms with E-state index in [1.54, 1.807) is 6.07 Å². The predicted molar refractivity (Wildman–Crippen MR) is 121 cm³/mol. The zero-order valence-electron chi connectivity index (χ0n) is 17.2. The fourth-order valence-electron chi connectivity index (χ4n) is 3.75. The minimum absolute atomic E-state index is 0.195. The topological polar surface area (TPSA) is 100 Å². The molecule has 2 N–H and O–H groups in total. The molecule has 0 spiro atoms. The molecular formula is C25H20N6O. The summed E-state index contributed by atoms with van der Waals surface area (Å²) in [6, 6.07) is 27.3. The Morgan fingerprint density at radius 1 is 0.656 bits per heavy atom. The van der Waals surface area contributed by atoms with Crippen LogP contribution in [0.25, 0.3) is 22.5 Å². The molecule has 0 aliphatic rings. The number of H-pyrrole nitrogens is 2. The normalized spacial score (nSPS) is 10.9. The van der Waals surface area contributed by atoms with Gasteiger partial charge in [-0.25, -0.2) is 0 Å². The molecule has 2 heterocycles. The molecule has 5 rings (SSSR count). The Morgan fingerprint density at radius 2 is 1.31 bits per heavy atom. The lowest BCUT2D eigenvalue weighted by Gasteiger charge is -2.08. The van der Waals surface area contributed by atoms with Crippen LogP contribution >= 0.6 is 0 Å². The first kappa shape index (κ1) is 19.6. The standard InChI is InChI=1S/C25H20N6O/c32-25(24-21(26-30-29-24)16-15-17-9-3-1-4-10-17)20-14-8-7-13-19(20)23-22(27-31-28-23)18-11-5-2-6-12-18/h1-14H,15-16H2,(H,26,29,30)(H,27,28,31). The van der Waals surface area contributed by atoms with Crippen LogP contribution in [0.2, 0.25) is 0 Å². The molecule has 7 heteroatoms. The van der Waals surface area contributed by atoms with E-state index in [4.69, 9.17) is 0 Å². The van der Waals surface area contributed by atoms with E-state index in [1.807, 2.05) is 66.7 Å². The second kappa shape index (κ2) is 8.77. The zero-order chi connectivity index (χ0) is 21.8. The van der Waals surface area contributed by atoms with Crippen molar-refractivity contribution in [3.05, 3.63) is 107 Å². The zero-order valence-corrected chi connectivity index (χ0v) is 17.2. The van der Waals surface area contributed by atoms with Crippen molar-refractivity contribution in [3.63, 3.8) is 0 Å². The van der Waals surface area contributed by atoms with Gasteiger partial charge in [-0.15, -0.1) is 0 Å². The van der Waals surface area contributed by atoms with Gasteiger partial charge in [-0.05, 0) is 18.4 Å². The average molecular weight is 420 g/mol. The van der Waals surface area contributed by atoms with Crippen molar-refractivity contribution in [2.24, 2.45) is 0 Å². The molecule has 0 bridgehead atoms. The molecule has 0 amide bonds. The number of benzene rings is 3. The van der Waals surface area contributed by atoms with E-state index in [-0.39, 0.29) is 5.78 Å². The Hall–Kier alpha value is -4.39. The lowest BCUT2D eigenvalue weighted by atomic mass is 9.95. The number of aryl methyl sites for hydroxylation is 2. The van der Waals surface area contributed by atoms with E-state index in [2.05, 4.69) is 43.0 Å². The Bertz CT molecular complexity index is 1340. The van der Waals surface area contributed by atoms with Gasteiger partial charge in [0.25, 0.3) is 0 Å². The number of aromatic nitrogens is 6. The Kier molecular flexibility index (Phi) is 5.36. The number of nitrogens with zero attached hydrogens (tertiary/aromatic N) is 4. The fourth-order valence-corrected chi connectivity index (χ4v) is 3.75. The number of carbonyl (C=O) groups excluding carboxylic acids is 1. The number of hydrogen-bond acceptors (Lipinski definition) is 5. The third-order valence-electron chi connectivity index (χ3n) is 5.35. The first-order chi connectivity index (χ1) is 15.8. The number of ketones is 1. The first-order valence-electron chi connectivity index (χ1n) is 10.3. The highest BCUT2D eigenvalue weighted by molar-refractivity contribution is 6.12. The molecule has 0 saturated carbocycles. The number of nitrogens with one attached hydrogen (secondary N) is 2. The summed E-state index contributed by atoms with van der Waals surface area (Å²) >= 11 is 0. The van der Waals surface area contributed by atoms with Crippen molar-refractivity contribution >= 4 is 5.78 Å². The van der Waals surface area contributed by atoms with Gasteiger partial charge in [-0.3, -0.25) is 4.79 Å². The van der Waals surface area contributed by atoms with Gasteiger partial charge in [0.2, 0.25) is 5.78 Å². The summed E-state index contributed by atoms with van der Waals surface area (Å²) in [5.74, 6) is -0.195. The number of carbonyl (C=O) groups is 1. The van der Waals surface area contributed by atoms with E-state index >= 15 is 0 Å². The predicted octanol–water partition coefficient (Wildman–Crippen LogP) is 4.27. The molecule has 0 aliphatic heterocycles. The molecule has 0 fully saturated rings. The van der Waals surface area contributed by atoms with Gasteiger partial charge in [-0.2, -0.15) is 30.8 Å². The molecule has 0 unspecified atom stereocenters. The summed E-state index contributed by atoms with van der Waals surface area (Å²) in [6.07, 6.45) is 1.39. The van der Waals surface area contributed by atoms with Gasteiger partial charge in [0.05, 0.1) is 5.69 Å². The highest BCUT2D eigenvalue weighted by Gasteiger charge is 2.24. The van der Waals surface area contributed by atoms with Crippen LogP contribution in [0.5, 0.6) is 0 Å². The smallest absolute Gasteiger partial charge is 0.215 e. The van der Waals surface area contributed by atoms with E-state index < -0.39 is 0 Å².